The van der Waals surface area contributed by atoms with Gasteiger partial charge in [0.1, 0.15) is 5.76 Å². The predicted molar refractivity (Wildman–Crippen MR) is 108 cm³/mol. The summed E-state index contributed by atoms with van der Waals surface area (Å²) in [5.74, 6) is 0.552. The van der Waals surface area contributed by atoms with Crippen LogP contribution in [0.4, 0.5) is 5.69 Å². The van der Waals surface area contributed by atoms with Crippen molar-refractivity contribution in [2.75, 3.05) is 11.3 Å². The number of benzene rings is 2. The Balaban J connectivity index is 1.61. The number of aryl methyl sites for hydroxylation is 2. The first-order valence-electron chi connectivity index (χ1n) is 8.94. The topological polar surface area (TPSA) is 88.4 Å². The summed E-state index contributed by atoms with van der Waals surface area (Å²) in [5.41, 5.74) is 1.80. The predicted octanol–water partition coefficient (Wildman–Crippen LogP) is 3.75. The number of amides is 1. The first-order chi connectivity index (χ1) is 13.4. The van der Waals surface area contributed by atoms with E-state index in [1.165, 1.54) is 12.1 Å². The van der Waals surface area contributed by atoms with E-state index in [-0.39, 0.29) is 10.8 Å². The first kappa shape index (κ1) is 19.7. The third kappa shape index (κ3) is 5.23. The molecular formula is C21H22N2O4S. The molecule has 3 rings (SSSR count). The molecule has 2 N–H and O–H groups in total. The van der Waals surface area contributed by atoms with E-state index >= 15 is 0 Å². The molecule has 1 amide bonds. The van der Waals surface area contributed by atoms with E-state index < -0.39 is 10.0 Å². The molecule has 0 saturated carbocycles. The summed E-state index contributed by atoms with van der Waals surface area (Å²) >= 11 is 0. The van der Waals surface area contributed by atoms with E-state index in [1.54, 1.807) is 30.5 Å². The highest BCUT2D eigenvalue weighted by atomic mass is 32.2. The number of hydrogen-bond acceptors (Lipinski definition) is 4. The van der Waals surface area contributed by atoms with Gasteiger partial charge in [-0.1, -0.05) is 23.8 Å². The third-order valence-electron chi connectivity index (χ3n) is 4.18. The molecule has 3 aromatic rings. The minimum absolute atomic E-state index is 0.0383. The molecule has 0 atom stereocenters. The Hall–Kier alpha value is -3.06. The van der Waals surface area contributed by atoms with Crippen LogP contribution in [-0.4, -0.2) is 20.9 Å². The van der Waals surface area contributed by atoms with Crippen molar-refractivity contribution in [3.05, 3.63) is 83.8 Å². The monoisotopic (exact) mass is 398 g/mol. The summed E-state index contributed by atoms with van der Waals surface area (Å²) in [6, 6.07) is 16.7. The van der Waals surface area contributed by atoms with Crippen molar-refractivity contribution >= 4 is 21.6 Å². The molecule has 146 valence electrons. The Morgan fingerprint density at radius 2 is 1.82 bits per heavy atom. The Bertz CT molecular complexity index is 1030. The van der Waals surface area contributed by atoms with E-state index in [0.29, 0.717) is 17.8 Å². The molecule has 28 heavy (non-hydrogen) atoms. The molecule has 0 saturated heterocycles. The average Bonchev–Trinajstić information content (AvgIpc) is 3.20. The molecule has 0 bridgehead atoms. The van der Waals surface area contributed by atoms with Gasteiger partial charge < -0.3 is 9.73 Å². The van der Waals surface area contributed by atoms with Crippen LogP contribution in [0.5, 0.6) is 0 Å². The molecule has 0 radical (unpaired) electrons. The van der Waals surface area contributed by atoms with Gasteiger partial charge in [-0.2, -0.15) is 0 Å². The van der Waals surface area contributed by atoms with Crippen molar-refractivity contribution in [2.24, 2.45) is 0 Å². The van der Waals surface area contributed by atoms with Crippen LogP contribution in [0.2, 0.25) is 0 Å². The molecule has 0 aliphatic carbocycles. The van der Waals surface area contributed by atoms with E-state index in [4.69, 9.17) is 4.42 Å². The lowest BCUT2D eigenvalue weighted by molar-refractivity contribution is 0.0953. The largest absolute Gasteiger partial charge is 0.469 e. The molecule has 7 heteroatoms. The highest BCUT2D eigenvalue weighted by Gasteiger charge is 2.16. The zero-order valence-electron chi connectivity index (χ0n) is 15.5. The van der Waals surface area contributed by atoms with Crippen LogP contribution in [0.1, 0.15) is 28.1 Å². The van der Waals surface area contributed by atoms with E-state index in [2.05, 4.69) is 10.0 Å². The highest BCUT2D eigenvalue weighted by molar-refractivity contribution is 7.92. The van der Waals surface area contributed by atoms with Crippen LogP contribution in [0.15, 0.2) is 76.2 Å². The van der Waals surface area contributed by atoms with Gasteiger partial charge in [0, 0.05) is 24.2 Å². The lowest BCUT2D eigenvalue weighted by atomic mass is 10.2. The van der Waals surface area contributed by atoms with Gasteiger partial charge in [-0.15, -0.1) is 0 Å². The second-order valence-corrected chi connectivity index (χ2v) is 8.12. The van der Waals surface area contributed by atoms with Crippen LogP contribution < -0.4 is 10.0 Å². The number of sulfonamides is 1. The number of furan rings is 1. The smallest absolute Gasteiger partial charge is 0.261 e. The number of anilines is 1. The normalized spacial score (nSPS) is 11.2. The summed E-state index contributed by atoms with van der Waals surface area (Å²) in [7, 11) is -3.78. The summed E-state index contributed by atoms with van der Waals surface area (Å²) < 4.78 is 33.0. The van der Waals surface area contributed by atoms with Crippen LogP contribution in [0.25, 0.3) is 0 Å². The standard InChI is InChI=1S/C21H22N2O4S/c1-16-9-11-18(12-10-16)23-28(25,26)20-8-2-5-17(15-20)21(24)22-13-3-6-19-7-4-14-27-19/h2,4-5,7-12,14-15,23H,3,6,13H2,1H3,(H,22,24). The van der Waals surface area contributed by atoms with Crippen molar-refractivity contribution in [1.29, 1.82) is 0 Å². The van der Waals surface area contributed by atoms with Crippen LogP contribution in [0, 0.1) is 6.92 Å². The molecule has 0 aliphatic rings. The molecule has 1 heterocycles. The number of hydrogen-bond donors (Lipinski definition) is 2. The van der Waals surface area contributed by atoms with Gasteiger partial charge in [-0.25, -0.2) is 8.42 Å². The summed E-state index contributed by atoms with van der Waals surface area (Å²) in [5, 5.41) is 2.80. The molecule has 0 spiro atoms. The fourth-order valence-corrected chi connectivity index (χ4v) is 3.77. The van der Waals surface area contributed by atoms with Crippen molar-refractivity contribution in [3.8, 4) is 0 Å². The Morgan fingerprint density at radius 1 is 1.04 bits per heavy atom. The zero-order chi connectivity index (χ0) is 20.0. The van der Waals surface area contributed by atoms with Crippen LogP contribution >= 0.6 is 0 Å². The zero-order valence-corrected chi connectivity index (χ0v) is 16.3. The summed E-state index contributed by atoms with van der Waals surface area (Å²) in [4.78, 5) is 12.4. The van der Waals surface area contributed by atoms with Gasteiger partial charge in [-0.3, -0.25) is 9.52 Å². The molecule has 6 nitrogen and oxygen atoms in total. The number of nitrogens with one attached hydrogen (secondary N) is 2. The maximum Gasteiger partial charge on any atom is 0.261 e. The van der Waals surface area contributed by atoms with Crippen molar-refractivity contribution in [2.45, 2.75) is 24.7 Å². The quantitative estimate of drug-likeness (QED) is 0.566. The molecular weight excluding hydrogens is 376 g/mol. The van der Waals surface area contributed by atoms with Gasteiger partial charge in [0.2, 0.25) is 0 Å². The van der Waals surface area contributed by atoms with E-state index in [1.807, 2.05) is 31.2 Å². The Kier molecular flexibility index (Phi) is 6.16. The van der Waals surface area contributed by atoms with Crippen LogP contribution in [-0.2, 0) is 16.4 Å². The van der Waals surface area contributed by atoms with Gasteiger partial charge in [0.05, 0.1) is 11.2 Å². The second-order valence-electron chi connectivity index (χ2n) is 6.44. The Labute approximate surface area is 164 Å². The van der Waals surface area contributed by atoms with Crippen LogP contribution in [0.3, 0.4) is 0 Å². The molecule has 0 fully saturated rings. The molecule has 0 aliphatic heterocycles. The summed E-state index contributed by atoms with van der Waals surface area (Å²) in [6.45, 7) is 2.40. The maximum atomic E-state index is 12.6. The SMILES string of the molecule is Cc1ccc(NS(=O)(=O)c2cccc(C(=O)NCCCc3ccco3)c2)cc1. The minimum Gasteiger partial charge on any atom is -0.469 e. The number of carbonyl (C=O) groups is 1. The lowest BCUT2D eigenvalue weighted by Gasteiger charge is -2.10. The van der Waals surface area contributed by atoms with Gasteiger partial charge >= 0.3 is 0 Å². The fraction of sp³-hybridized carbons (Fsp3) is 0.190. The van der Waals surface area contributed by atoms with Gasteiger partial charge in [-0.05, 0) is 55.8 Å². The molecule has 2 aromatic carbocycles. The molecule has 0 unspecified atom stereocenters. The second kappa shape index (κ2) is 8.75. The van der Waals surface area contributed by atoms with Gasteiger partial charge in [0.25, 0.3) is 15.9 Å². The highest BCUT2D eigenvalue weighted by Crippen LogP contribution is 2.17. The third-order valence-corrected chi connectivity index (χ3v) is 5.55. The van der Waals surface area contributed by atoms with E-state index in [9.17, 15) is 13.2 Å². The number of carbonyl (C=O) groups excluding carboxylic acids is 1. The lowest BCUT2D eigenvalue weighted by Crippen LogP contribution is -2.25. The average molecular weight is 398 g/mol. The molecule has 1 aromatic heterocycles. The van der Waals surface area contributed by atoms with Crippen molar-refractivity contribution in [3.63, 3.8) is 0 Å². The minimum atomic E-state index is -3.78. The number of rotatable bonds is 8. The Morgan fingerprint density at radius 3 is 2.54 bits per heavy atom. The van der Waals surface area contributed by atoms with E-state index in [0.717, 1.165) is 24.2 Å². The van der Waals surface area contributed by atoms with Gasteiger partial charge in [0.15, 0.2) is 0 Å². The van der Waals surface area contributed by atoms with Crippen molar-refractivity contribution < 1.29 is 17.6 Å². The fourth-order valence-electron chi connectivity index (χ4n) is 2.66. The first-order valence-corrected chi connectivity index (χ1v) is 10.4. The maximum absolute atomic E-state index is 12.6. The van der Waals surface area contributed by atoms with Crippen molar-refractivity contribution in [1.82, 2.24) is 5.32 Å². The summed E-state index contributed by atoms with van der Waals surface area (Å²) in [6.07, 6.45) is 3.07.